The Labute approximate surface area is 184 Å². The van der Waals surface area contributed by atoms with Crippen molar-refractivity contribution in [3.63, 3.8) is 0 Å². The van der Waals surface area contributed by atoms with E-state index >= 15 is 0 Å². The van der Waals surface area contributed by atoms with Gasteiger partial charge < -0.3 is 15.1 Å². The normalized spacial score (nSPS) is 15.0. The molecule has 4 rings (SSSR count). The largest absolute Gasteiger partial charge is 0.345 e. The van der Waals surface area contributed by atoms with E-state index < -0.39 is 0 Å². The molecule has 1 saturated heterocycles. The number of nitrogens with zero attached hydrogens (tertiary/aromatic N) is 3. The summed E-state index contributed by atoms with van der Waals surface area (Å²) in [5, 5.41) is 4.80. The number of carbonyl (C=O) groups excluding carboxylic acids is 1. The number of rotatable bonds is 6. The summed E-state index contributed by atoms with van der Waals surface area (Å²) in [6.45, 7) is 4.13. The Bertz CT molecular complexity index is 984. The predicted molar refractivity (Wildman–Crippen MR) is 125 cm³/mol. The lowest BCUT2D eigenvalue weighted by molar-refractivity contribution is -0.115. The molecule has 0 bridgehead atoms. The van der Waals surface area contributed by atoms with E-state index in [1.165, 1.54) is 0 Å². The highest BCUT2D eigenvalue weighted by atomic mass is 35.5. The van der Waals surface area contributed by atoms with Crippen LogP contribution < -0.4 is 10.2 Å². The molecule has 3 aromatic rings. The van der Waals surface area contributed by atoms with E-state index in [0.717, 1.165) is 62.9 Å². The minimum Gasteiger partial charge on any atom is -0.345 e. The van der Waals surface area contributed by atoms with Gasteiger partial charge in [-0.25, -0.2) is 4.98 Å². The summed E-state index contributed by atoms with van der Waals surface area (Å²) < 4.78 is 1.10. The molecule has 152 valence electrons. The van der Waals surface area contributed by atoms with Crippen molar-refractivity contribution in [2.75, 3.05) is 49.2 Å². The highest BCUT2D eigenvalue weighted by Crippen LogP contribution is 2.31. The first kappa shape index (κ1) is 20.5. The predicted octanol–water partition coefficient (Wildman–Crippen LogP) is 4.82. The highest BCUT2D eigenvalue weighted by molar-refractivity contribution is 7.99. The third kappa shape index (κ3) is 5.42. The number of aromatic nitrogens is 1. The molecule has 5 nitrogen and oxygen atoms in total. The second-order valence-electron chi connectivity index (χ2n) is 7.07. The number of nitrogens with one attached hydrogen (secondary N) is 1. The van der Waals surface area contributed by atoms with E-state index in [2.05, 4.69) is 22.2 Å². The first-order valence-electron chi connectivity index (χ1n) is 9.59. The van der Waals surface area contributed by atoms with Gasteiger partial charge in [-0.2, -0.15) is 0 Å². The van der Waals surface area contributed by atoms with E-state index in [-0.39, 0.29) is 5.91 Å². The van der Waals surface area contributed by atoms with Crippen LogP contribution in [-0.2, 0) is 4.79 Å². The Hall–Kier alpha value is -1.80. The molecule has 2 heterocycles. The Balaban J connectivity index is 1.32. The van der Waals surface area contributed by atoms with Crippen molar-refractivity contribution >= 4 is 61.6 Å². The summed E-state index contributed by atoms with van der Waals surface area (Å²) in [6.07, 6.45) is 0.459. The molecule has 1 amide bonds. The van der Waals surface area contributed by atoms with Gasteiger partial charge in [0.05, 0.1) is 10.2 Å². The number of fused-ring (bicyclic) bond motifs is 1. The van der Waals surface area contributed by atoms with Gasteiger partial charge in [-0.15, -0.1) is 11.8 Å². The van der Waals surface area contributed by atoms with Crippen LogP contribution in [0, 0.1) is 0 Å². The zero-order chi connectivity index (χ0) is 20.2. The van der Waals surface area contributed by atoms with E-state index in [0.29, 0.717) is 6.42 Å². The van der Waals surface area contributed by atoms with E-state index in [1.807, 2.05) is 42.5 Å². The second-order valence-corrected chi connectivity index (χ2v) is 9.68. The number of thiazole rings is 1. The summed E-state index contributed by atoms with van der Waals surface area (Å²) in [6, 6.07) is 13.6. The SMILES string of the molecule is CN1CCN(c2nc3ccc(NC(=O)CCSc4ccc(Cl)cc4)cc3s2)CC1. The van der Waals surface area contributed by atoms with Gasteiger partial charge in [0.2, 0.25) is 5.91 Å². The molecule has 8 heteroatoms. The third-order valence-corrected chi connectivity index (χ3v) is 7.19. The number of likely N-dealkylation sites (N-methyl/N-ethyl adjacent to an activating group) is 1. The average molecular weight is 447 g/mol. The molecule has 1 N–H and O–H groups in total. The number of hydrogen-bond donors (Lipinski definition) is 1. The van der Waals surface area contributed by atoms with Crippen molar-refractivity contribution in [3.05, 3.63) is 47.5 Å². The van der Waals surface area contributed by atoms with Crippen molar-refractivity contribution < 1.29 is 4.79 Å². The molecule has 2 aromatic carbocycles. The lowest BCUT2D eigenvalue weighted by Gasteiger charge is -2.31. The Kier molecular flexibility index (Phi) is 6.60. The van der Waals surface area contributed by atoms with Crippen LogP contribution in [0.25, 0.3) is 10.2 Å². The van der Waals surface area contributed by atoms with Gasteiger partial charge in [-0.05, 0) is 49.5 Å². The van der Waals surface area contributed by atoms with Crippen LogP contribution in [0.15, 0.2) is 47.4 Å². The summed E-state index contributed by atoms with van der Waals surface area (Å²) in [7, 11) is 2.15. The number of amides is 1. The molecular weight excluding hydrogens is 424 g/mol. The molecule has 1 aromatic heterocycles. The van der Waals surface area contributed by atoms with Gasteiger partial charge in [0.1, 0.15) is 0 Å². The van der Waals surface area contributed by atoms with Crippen molar-refractivity contribution in [1.82, 2.24) is 9.88 Å². The van der Waals surface area contributed by atoms with Gasteiger partial charge in [0, 0.05) is 54.0 Å². The summed E-state index contributed by atoms with van der Waals surface area (Å²) in [4.78, 5) is 22.9. The van der Waals surface area contributed by atoms with Crippen LogP contribution in [0.5, 0.6) is 0 Å². The number of carbonyl (C=O) groups is 1. The fourth-order valence-corrected chi connectivity index (χ4v) is 5.17. The number of benzene rings is 2. The van der Waals surface area contributed by atoms with Gasteiger partial charge in [0.15, 0.2) is 5.13 Å². The molecule has 0 saturated carbocycles. The monoisotopic (exact) mass is 446 g/mol. The number of thioether (sulfide) groups is 1. The van der Waals surface area contributed by atoms with Crippen LogP contribution in [0.3, 0.4) is 0 Å². The van der Waals surface area contributed by atoms with Crippen molar-refractivity contribution in [1.29, 1.82) is 0 Å². The lowest BCUT2D eigenvalue weighted by atomic mass is 10.3. The molecule has 0 spiro atoms. The van der Waals surface area contributed by atoms with Crippen LogP contribution in [0.2, 0.25) is 5.02 Å². The molecule has 1 aliphatic heterocycles. The standard InChI is InChI=1S/C21H23ClN4OS2/c1-25-9-11-26(12-10-25)21-24-18-7-4-16(14-19(18)29-21)23-20(27)8-13-28-17-5-2-15(22)3-6-17/h2-7,14H,8-13H2,1H3,(H,23,27). The maximum absolute atomic E-state index is 12.3. The molecule has 1 fully saturated rings. The Morgan fingerprint density at radius 1 is 1.17 bits per heavy atom. The number of halogens is 1. The lowest BCUT2D eigenvalue weighted by Crippen LogP contribution is -2.44. The quantitative estimate of drug-likeness (QED) is 0.550. The number of piperazine rings is 1. The molecule has 0 aliphatic carbocycles. The van der Waals surface area contributed by atoms with Gasteiger partial charge in [-0.3, -0.25) is 4.79 Å². The van der Waals surface area contributed by atoms with Crippen molar-refractivity contribution in [3.8, 4) is 0 Å². The minimum absolute atomic E-state index is 0.0228. The van der Waals surface area contributed by atoms with Gasteiger partial charge in [0.25, 0.3) is 0 Å². The molecule has 1 aliphatic rings. The van der Waals surface area contributed by atoms with Crippen LogP contribution in [-0.4, -0.2) is 54.8 Å². The zero-order valence-electron chi connectivity index (χ0n) is 16.2. The van der Waals surface area contributed by atoms with Gasteiger partial charge >= 0.3 is 0 Å². The molecule has 0 atom stereocenters. The smallest absolute Gasteiger partial charge is 0.225 e. The van der Waals surface area contributed by atoms with Crippen LogP contribution in [0.4, 0.5) is 10.8 Å². The summed E-state index contributed by atoms with van der Waals surface area (Å²) in [5.41, 5.74) is 1.81. The first-order chi connectivity index (χ1) is 14.1. The third-order valence-electron chi connectivity index (χ3n) is 4.85. The number of hydrogen-bond acceptors (Lipinski definition) is 6. The van der Waals surface area contributed by atoms with Crippen LogP contribution in [0.1, 0.15) is 6.42 Å². The fourth-order valence-electron chi connectivity index (χ4n) is 3.14. The Morgan fingerprint density at radius 3 is 2.69 bits per heavy atom. The molecule has 0 unspecified atom stereocenters. The Morgan fingerprint density at radius 2 is 1.93 bits per heavy atom. The fraction of sp³-hybridized carbons (Fsp3) is 0.333. The van der Waals surface area contributed by atoms with Crippen molar-refractivity contribution in [2.45, 2.75) is 11.3 Å². The molecule has 29 heavy (non-hydrogen) atoms. The molecular formula is C21H23ClN4OS2. The van der Waals surface area contributed by atoms with E-state index in [1.54, 1.807) is 23.1 Å². The summed E-state index contributed by atoms with van der Waals surface area (Å²) >= 11 is 9.24. The van der Waals surface area contributed by atoms with E-state index in [9.17, 15) is 4.79 Å². The second kappa shape index (κ2) is 9.34. The maximum Gasteiger partial charge on any atom is 0.225 e. The first-order valence-corrected chi connectivity index (χ1v) is 11.8. The average Bonchev–Trinajstić information content (AvgIpc) is 3.13. The topological polar surface area (TPSA) is 48.5 Å². The maximum atomic E-state index is 12.3. The zero-order valence-corrected chi connectivity index (χ0v) is 18.6. The minimum atomic E-state index is 0.0228. The highest BCUT2D eigenvalue weighted by Gasteiger charge is 2.17. The molecule has 0 radical (unpaired) electrons. The summed E-state index contributed by atoms with van der Waals surface area (Å²) in [5.74, 6) is 0.749. The number of anilines is 2. The van der Waals surface area contributed by atoms with Gasteiger partial charge in [-0.1, -0.05) is 22.9 Å². The van der Waals surface area contributed by atoms with Crippen LogP contribution >= 0.6 is 34.7 Å². The van der Waals surface area contributed by atoms with Crippen molar-refractivity contribution in [2.24, 2.45) is 0 Å². The van der Waals surface area contributed by atoms with E-state index in [4.69, 9.17) is 16.6 Å².